The molecule has 1 atom stereocenters. The van der Waals surface area contributed by atoms with Crippen LogP contribution in [0.5, 0.6) is 0 Å². The van der Waals surface area contributed by atoms with Crippen LogP contribution >= 0.6 is 11.8 Å². The summed E-state index contributed by atoms with van der Waals surface area (Å²) in [5, 5.41) is 7.95. The van der Waals surface area contributed by atoms with Gasteiger partial charge in [0.1, 0.15) is 5.82 Å². The van der Waals surface area contributed by atoms with Gasteiger partial charge in [0.15, 0.2) is 0 Å². The normalized spacial score (nSPS) is 22.1. The van der Waals surface area contributed by atoms with Gasteiger partial charge in [0.05, 0.1) is 5.69 Å². The summed E-state index contributed by atoms with van der Waals surface area (Å²) < 4.78 is 0. The lowest BCUT2D eigenvalue weighted by atomic mass is 9.99. The van der Waals surface area contributed by atoms with Gasteiger partial charge in [0.2, 0.25) is 0 Å². The largest absolute Gasteiger partial charge is 0.382 e. The zero-order valence-electron chi connectivity index (χ0n) is 8.15. The summed E-state index contributed by atoms with van der Waals surface area (Å²) in [5.41, 5.74) is 6.56. The van der Waals surface area contributed by atoms with Crippen molar-refractivity contribution in [2.24, 2.45) is 5.92 Å². The van der Waals surface area contributed by atoms with Gasteiger partial charge in [0.25, 0.3) is 0 Å². The third-order valence-corrected chi connectivity index (χ3v) is 3.78. The van der Waals surface area contributed by atoms with E-state index in [9.17, 15) is 0 Å². The number of rotatable bonds is 2. The van der Waals surface area contributed by atoms with Gasteiger partial charge in [-0.05, 0) is 48.8 Å². The minimum atomic E-state index is 0.506. The van der Waals surface area contributed by atoms with Crippen LogP contribution in [0.15, 0.2) is 12.1 Å². The highest BCUT2D eigenvalue weighted by atomic mass is 32.2. The van der Waals surface area contributed by atoms with Crippen molar-refractivity contribution < 1.29 is 0 Å². The van der Waals surface area contributed by atoms with Gasteiger partial charge in [-0.25, -0.2) is 0 Å². The molecular weight excluding hydrogens is 194 g/mol. The standard InChI is InChI=1S/C10H15N3S/c11-10-4-3-9(12-13-10)6-8-2-1-5-14-7-8/h3-4,8H,1-2,5-7H2,(H2,11,13). The number of thioether (sulfide) groups is 1. The molecule has 2 N–H and O–H groups in total. The second-order valence-electron chi connectivity index (χ2n) is 3.74. The Morgan fingerprint density at radius 1 is 1.43 bits per heavy atom. The maximum absolute atomic E-state index is 5.48. The molecule has 2 heterocycles. The first kappa shape index (κ1) is 9.77. The number of nitrogen functional groups attached to an aromatic ring is 1. The van der Waals surface area contributed by atoms with E-state index in [4.69, 9.17) is 5.73 Å². The molecule has 76 valence electrons. The Morgan fingerprint density at radius 3 is 3.00 bits per heavy atom. The molecule has 0 saturated carbocycles. The van der Waals surface area contributed by atoms with E-state index in [1.165, 1.54) is 24.3 Å². The Bertz CT molecular complexity index is 280. The molecule has 1 aromatic heterocycles. The monoisotopic (exact) mass is 209 g/mol. The highest BCUT2D eigenvalue weighted by Gasteiger charge is 2.14. The topological polar surface area (TPSA) is 51.8 Å². The summed E-state index contributed by atoms with van der Waals surface area (Å²) in [6.45, 7) is 0. The fourth-order valence-electron chi connectivity index (χ4n) is 1.74. The quantitative estimate of drug-likeness (QED) is 0.806. The van der Waals surface area contributed by atoms with Gasteiger partial charge in [-0.3, -0.25) is 0 Å². The average Bonchev–Trinajstić information content (AvgIpc) is 2.23. The van der Waals surface area contributed by atoms with Crippen molar-refractivity contribution in [2.75, 3.05) is 17.2 Å². The Hall–Kier alpha value is -0.770. The van der Waals surface area contributed by atoms with Crippen LogP contribution in [0.3, 0.4) is 0 Å². The molecule has 14 heavy (non-hydrogen) atoms. The maximum atomic E-state index is 5.48. The molecule has 2 rings (SSSR count). The highest BCUT2D eigenvalue weighted by Crippen LogP contribution is 2.24. The van der Waals surface area contributed by atoms with Crippen molar-refractivity contribution >= 4 is 17.6 Å². The van der Waals surface area contributed by atoms with E-state index in [1.54, 1.807) is 0 Å². The zero-order chi connectivity index (χ0) is 9.80. The molecule has 0 spiro atoms. The Kier molecular flexibility index (Phi) is 3.24. The van der Waals surface area contributed by atoms with E-state index in [0.29, 0.717) is 5.82 Å². The van der Waals surface area contributed by atoms with E-state index < -0.39 is 0 Å². The molecule has 4 heteroatoms. The predicted molar refractivity (Wildman–Crippen MR) is 60.2 cm³/mol. The molecule has 1 saturated heterocycles. The molecule has 1 unspecified atom stereocenters. The molecular formula is C10H15N3S. The first-order valence-corrected chi connectivity index (χ1v) is 6.16. The van der Waals surface area contributed by atoms with Crippen LogP contribution in [-0.4, -0.2) is 21.7 Å². The van der Waals surface area contributed by atoms with Gasteiger partial charge < -0.3 is 5.73 Å². The lowest BCUT2D eigenvalue weighted by molar-refractivity contribution is 0.513. The molecule has 1 aliphatic heterocycles. The third kappa shape index (κ3) is 2.61. The van der Waals surface area contributed by atoms with Crippen molar-refractivity contribution in [1.29, 1.82) is 0 Å². The van der Waals surface area contributed by atoms with Crippen LogP contribution in [0.4, 0.5) is 5.82 Å². The van der Waals surface area contributed by atoms with Crippen LogP contribution in [0.25, 0.3) is 0 Å². The van der Waals surface area contributed by atoms with Crippen LogP contribution in [0, 0.1) is 5.92 Å². The van der Waals surface area contributed by atoms with Crippen molar-refractivity contribution in [3.05, 3.63) is 17.8 Å². The van der Waals surface area contributed by atoms with E-state index in [1.807, 2.05) is 12.1 Å². The molecule has 0 amide bonds. The fraction of sp³-hybridized carbons (Fsp3) is 0.600. The molecule has 1 fully saturated rings. The molecule has 3 nitrogen and oxygen atoms in total. The van der Waals surface area contributed by atoms with Crippen molar-refractivity contribution in [3.8, 4) is 0 Å². The Labute approximate surface area is 88.5 Å². The molecule has 0 bridgehead atoms. The molecule has 1 aliphatic rings. The zero-order valence-corrected chi connectivity index (χ0v) is 8.96. The third-order valence-electron chi connectivity index (χ3n) is 2.49. The Balaban J connectivity index is 1.92. The van der Waals surface area contributed by atoms with Gasteiger partial charge in [-0.2, -0.15) is 16.9 Å². The number of nitrogens with two attached hydrogens (primary N) is 1. The smallest absolute Gasteiger partial charge is 0.146 e. The van der Waals surface area contributed by atoms with E-state index in [2.05, 4.69) is 22.0 Å². The van der Waals surface area contributed by atoms with Gasteiger partial charge in [-0.1, -0.05) is 0 Å². The second-order valence-corrected chi connectivity index (χ2v) is 4.89. The summed E-state index contributed by atoms with van der Waals surface area (Å²) in [4.78, 5) is 0. The van der Waals surface area contributed by atoms with Crippen LogP contribution < -0.4 is 5.73 Å². The van der Waals surface area contributed by atoms with E-state index in [-0.39, 0.29) is 0 Å². The van der Waals surface area contributed by atoms with Crippen LogP contribution in [0.1, 0.15) is 18.5 Å². The van der Waals surface area contributed by atoms with Crippen molar-refractivity contribution in [2.45, 2.75) is 19.3 Å². The fourth-order valence-corrected chi connectivity index (χ4v) is 2.90. The summed E-state index contributed by atoms with van der Waals surface area (Å²) in [6.07, 6.45) is 3.73. The maximum Gasteiger partial charge on any atom is 0.146 e. The summed E-state index contributed by atoms with van der Waals surface area (Å²) >= 11 is 2.05. The van der Waals surface area contributed by atoms with E-state index in [0.717, 1.165) is 18.0 Å². The van der Waals surface area contributed by atoms with Crippen molar-refractivity contribution in [1.82, 2.24) is 10.2 Å². The van der Waals surface area contributed by atoms with Crippen molar-refractivity contribution in [3.63, 3.8) is 0 Å². The van der Waals surface area contributed by atoms with Gasteiger partial charge >= 0.3 is 0 Å². The molecule has 0 aliphatic carbocycles. The first-order chi connectivity index (χ1) is 6.84. The molecule has 0 aromatic carbocycles. The number of anilines is 1. The second kappa shape index (κ2) is 4.64. The number of hydrogen-bond donors (Lipinski definition) is 1. The van der Waals surface area contributed by atoms with Crippen LogP contribution in [0.2, 0.25) is 0 Å². The molecule has 1 aromatic rings. The van der Waals surface area contributed by atoms with E-state index >= 15 is 0 Å². The first-order valence-electron chi connectivity index (χ1n) is 5.00. The summed E-state index contributed by atoms with van der Waals surface area (Å²) in [5.74, 6) is 3.88. The van der Waals surface area contributed by atoms with Crippen LogP contribution in [-0.2, 0) is 6.42 Å². The molecule has 0 radical (unpaired) electrons. The number of aromatic nitrogens is 2. The SMILES string of the molecule is Nc1ccc(CC2CCCSC2)nn1. The lowest BCUT2D eigenvalue weighted by Gasteiger charge is -2.20. The van der Waals surface area contributed by atoms with Gasteiger partial charge in [-0.15, -0.1) is 5.10 Å². The minimum absolute atomic E-state index is 0.506. The number of nitrogens with zero attached hydrogens (tertiary/aromatic N) is 2. The Morgan fingerprint density at radius 2 is 2.36 bits per heavy atom. The van der Waals surface area contributed by atoms with Gasteiger partial charge in [0, 0.05) is 0 Å². The lowest BCUT2D eigenvalue weighted by Crippen LogP contribution is -2.14. The average molecular weight is 209 g/mol. The summed E-state index contributed by atoms with van der Waals surface area (Å²) in [6, 6.07) is 3.82. The predicted octanol–water partition coefficient (Wildman–Crippen LogP) is 1.74. The minimum Gasteiger partial charge on any atom is -0.382 e. The highest BCUT2D eigenvalue weighted by molar-refractivity contribution is 7.99. The summed E-state index contributed by atoms with van der Waals surface area (Å²) in [7, 11) is 0. The number of hydrogen-bond acceptors (Lipinski definition) is 4.